The SMILES string of the molecule is O=C(CNC(=O)c1ccc(Br)cc1)N[C@H](CO)C(=O)O. The number of aliphatic carboxylic acids is 1. The summed E-state index contributed by atoms with van der Waals surface area (Å²) in [5.41, 5.74) is 0.373. The predicted molar refractivity (Wildman–Crippen MR) is 73.1 cm³/mol. The topological polar surface area (TPSA) is 116 Å². The molecule has 0 aromatic heterocycles. The number of halogens is 1. The number of aliphatic hydroxyl groups is 1. The number of carbonyl (C=O) groups is 3. The zero-order valence-corrected chi connectivity index (χ0v) is 11.9. The van der Waals surface area contributed by atoms with Gasteiger partial charge in [-0.05, 0) is 24.3 Å². The molecule has 0 aliphatic carbocycles. The average molecular weight is 345 g/mol. The van der Waals surface area contributed by atoms with Crippen LogP contribution >= 0.6 is 15.9 Å². The van der Waals surface area contributed by atoms with Crippen LogP contribution in [0.3, 0.4) is 0 Å². The number of amides is 2. The molecule has 0 aliphatic heterocycles. The summed E-state index contributed by atoms with van der Waals surface area (Å²) in [7, 11) is 0. The highest BCUT2D eigenvalue weighted by Gasteiger charge is 2.18. The largest absolute Gasteiger partial charge is 0.480 e. The number of hydrogen-bond donors (Lipinski definition) is 4. The third kappa shape index (κ3) is 4.98. The van der Waals surface area contributed by atoms with Crippen molar-refractivity contribution in [2.24, 2.45) is 0 Å². The van der Waals surface area contributed by atoms with E-state index in [-0.39, 0.29) is 6.54 Å². The lowest BCUT2D eigenvalue weighted by atomic mass is 10.2. The Morgan fingerprint density at radius 1 is 1.20 bits per heavy atom. The first-order valence-corrected chi connectivity index (χ1v) is 6.40. The highest BCUT2D eigenvalue weighted by Crippen LogP contribution is 2.10. The summed E-state index contributed by atoms with van der Waals surface area (Å²) < 4.78 is 0.819. The van der Waals surface area contributed by atoms with Crippen LogP contribution in [0.25, 0.3) is 0 Å². The lowest BCUT2D eigenvalue weighted by Crippen LogP contribution is -2.47. The number of hydrogen-bond acceptors (Lipinski definition) is 4. The van der Waals surface area contributed by atoms with E-state index in [4.69, 9.17) is 10.2 Å². The normalized spacial score (nSPS) is 11.5. The molecule has 0 fully saturated rings. The van der Waals surface area contributed by atoms with E-state index in [1.807, 2.05) is 0 Å². The van der Waals surface area contributed by atoms with E-state index in [1.54, 1.807) is 24.3 Å². The van der Waals surface area contributed by atoms with Gasteiger partial charge in [-0.3, -0.25) is 9.59 Å². The second-order valence-electron chi connectivity index (χ2n) is 3.83. The Bertz CT molecular complexity index is 503. The van der Waals surface area contributed by atoms with Crippen molar-refractivity contribution >= 4 is 33.7 Å². The molecule has 0 aliphatic rings. The van der Waals surface area contributed by atoms with E-state index in [0.29, 0.717) is 5.56 Å². The fourth-order valence-corrected chi connectivity index (χ4v) is 1.56. The van der Waals surface area contributed by atoms with E-state index in [9.17, 15) is 14.4 Å². The Labute approximate surface area is 123 Å². The standard InChI is InChI=1S/C12H13BrN2O5/c13-8-3-1-7(2-4-8)11(18)14-5-10(17)15-9(6-16)12(19)20/h1-4,9,16H,5-6H2,(H,14,18)(H,15,17)(H,19,20)/t9-/m1/s1. The molecule has 8 heteroatoms. The van der Waals surface area contributed by atoms with Crippen LogP contribution in [0.4, 0.5) is 0 Å². The zero-order valence-electron chi connectivity index (χ0n) is 10.3. The summed E-state index contributed by atoms with van der Waals surface area (Å²) in [4.78, 5) is 33.7. The summed E-state index contributed by atoms with van der Waals surface area (Å²) in [5, 5.41) is 21.8. The minimum atomic E-state index is -1.38. The molecule has 1 aromatic rings. The number of aliphatic hydroxyl groups excluding tert-OH is 1. The van der Waals surface area contributed by atoms with Crippen LogP contribution in [0.2, 0.25) is 0 Å². The monoisotopic (exact) mass is 344 g/mol. The molecule has 4 N–H and O–H groups in total. The third-order valence-corrected chi connectivity index (χ3v) is 2.86. The first-order valence-electron chi connectivity index (χ1n) is 5.61. The molecule has 0 heterocycles. The van der Waals surface area contributed by atoms with E-state index >= 15 is 0 Å². The highest BCUT2D eigenvalue weighted by atomic mass is 79.9. The molecule has 108 valence electrons. The van der Waals surface area contributed by atoms with Gasteiger partial charge in [0.15, 0.2) is 0 Å². The number of nitrogens with one attached hydrogen (secondary N) is 2. The van der Waals surface area contributed by atoms with Crippen molar-refractivity contribution in [2.75, 3.05) is 13.2 Å². The van der Waals surface area contributed by atoms with Crippen molar-refractivity contribution in [3.05, 3.63) is 34.3 Å². The van der Waals surface area contributed by atoms with Gasteiger partial charge >= 0.3 is 5.97 Å². The maximum Gasteiger partial charge on any atom is 0.328 e. The van der Waals surface area contributed by atoms with E-state index < -0.39 is 30.4 Å². The maximum absolute atomic E-state index is 11.7. The predicted octanol–water partition coefficient (Wildman–Crippen LogP) is -0.259. The molecule has 0 radical (unpaired) electrons. The van der Waals surface area contributed by atoms with E-state index in [1.165, 1.54) is 0 Å². The zero-order chi connectivity index (χ0) is 15.1. The smallest absolute Gasteiger partial charge is 0.328 e. The molecular formula is C12H13BrN2O5. The van der Waals surface area contributed by atoms with Crippen LogP contribution in [0.1, 0.15) is 10.4 Å². The second-order valence-corrected chi connectivity index (χ2v) is 4.75. The summed E-state index contributed by atoms with van der Waals surface area (Å²) in [5.74, 6) is -2.50. The van der Waals surface area contributed by atoms with Gasteiger partial charge in [0.2, 0.25) is 5.91 Å². The average Bonchev–Trinajstić information content (AvgIpc) is 2.42. The van der Waals surface area contributed by atoms with E-state index in [0.717, 1.165) is 4.47 Å². The van der Waals surface area contributed by atoms with Gasteiger partial charge in [0.05, 0.1) is 13.2 Å². The van der Waals surface area contributed by atoms with Crippen molar-refractivity contribution in [3.8, 4) is 0 Å². The quantitative estimate of drug-likeness (QED) is 0.567. The van der Waals surface area contributed by atoms with Gasteiger partial charge in [-0.2, -0.15) is 0 Å². The van der Waals surface area contributed by atoms with Crippen molar-refractivity contribution in [2.45, 2.75) is 6.04 Å². The number of carboxylic acids is 1. The van der Waals surface area contributed by atoms with E-state index in [2.05, 4.69) is 26.6 Å². The summed E-state index contributed by atoms with van der Waals surface area (Å²) in [6.45, 7) is -1.10. The number of carboxylic acid groups (broad SMARTS) is 1. The summed E-state index contributed by atoms with van der Waals surface area (Å²) in [6.07, 6.45) is 0. The molecular weight excluding hydrogens is 332 g/mol. The van der Waals surface area contributed by atoms with Crippen LogP contribution in [0.5, 0.6) is 0 Å². The Hall–Kier alpha value is -1.93. The van der Waals surface area contributed by atoms with Crippen LogP contribution in [0.15, 0.2) is 28.7 Å². The molecule has 0 spiro atoms. The fraction of sp³-hybridized carbons (Fsp3) is 0.250. The second kappa shape index (κ2) is 7.61. The molecule has 2 amide bonds. The molecule has 0 bridgehead atoms. The Morgan fingerprint density at radius 2 is 1.80 bits per heavy atom. The molecule has 7 nitrogen and oxygen atoms in total. The van der Waals surface area contributed by atoms with Crippen LogP contribution in [-0.2, 0) is 9.59 Å². The molecule has 20 heavy (non-hydrogen) atoms. The van der Waals surface area contributed by atoms with Gasteiger partial charge in [0, 0.05) is 10.0 Å². The van der Waals surface area contributed by atoms with Gasteiger partial charge in [-0.1, -0.05) is 15.9 Å². The van der Waals surface area contributed by atoms with Gasteiger partial charge in [-0.25, -0.2) is 4.79 Å². The van der Waals surface area contributed by atoms with Crippen LogP contribution in [-0.4, -0.2) is 47.2 Å². The van der Waals surface area contributed by atoms with Crippen LogP contribution in [0, 0.1) is 0 Å². The van der Waals surface area contributed by atoms with Gasteiger partial charge in [-0.15, -0.1) is 0 Å². The number of carbonyl (C=O) groups excluding carboxylic acids is 2. The van der Waals surface area contributed by atoms with Gasteiger partial charge in [0.25, 0.3) is 5.91 Å². The third-order valence-electron chi connectivity index (χ3n) is 2.33. The summed E-state index contributed by atoms with van der Waals surface area (Å²) in [6, 6.07) is 5.13. The lowest BCUT2D eigenvalue weighted by Gasteiger charge is -2.12. The molecule has 0 saturated carbocycles. The minimum Gasteiger partial charge on any atom is -0.480 e. The highest BCUT2D eigenvalue weighted by molar-refractivity contribution is 9.10. The maximum atomic E-state index is 11.7. The molecule has 1 rings (SSSR count). The van der Waals surface area contributed by atoms with Crippen LogP contribution < -0.4 is 10.6 Å². The number of rotatable bonds is 6. The fourth-order valence-electron chi connectivity index (χ4n) is 1.29. The summed E-state index contributed by atoms with van der Waals surface area (Å²) >= 11 is 3.23. The van der Waals surface area contributed by atoms with Crippen molar-refractivity contribution in [3.63, 3.8) is 0 Å². The molecule has 0 saturated heterocycles. The molecule has 1 atom stereocenters. The first kappa shape index (κ1) is 16.1. The molecule has 1 aromatic carbocycles. The Kier molecular flexibility index (Phi) is 6.13. The Morgan fingerprint density at radius 3 is 2.30 bits per heavy atom. The van der Waals surface area contributed by atoms with Crippen molar-refractivity contribution in [1.82, 2.24) is 10.6 Å². The van der Waals surface area contributed by atoms with Crippen molar-refractivity contribution < 1.29 is 24.6 Å². The minimum absolute atomic E-state index is 0.373. The first-order chi connectivity index (χ1) is 9.43. The van der Waals surface area contributed by atoms with Gasteiger partial charge < -0.3 is 20.8 Å². The van der Waals surface area contributed by atoms with Gasteiger partial charge in [0.1, 0.15) is 6.04 Å². The molecule has 0 unspecified atom stereocenters. The van der Waals surface area contributed by atoms with Crippen molar-refractivity contribution in [1.29, 1.82) is 0 Å². The number of benzene rings is 1. The Balaban J connectivity index is 2.46. The lowest BCUT2D eigenvalue weighted by molar-refractivity contribution is -0.142.